The van der Waals surface area contributed by atoms with E-state index in [4.69, 9.17) is 10.5 Å². The Morgan fingerprint density at radius 2 is 2.00 bits per heavy atom. The molecule has 0 spiro atoms. The van der Waals surface area contributed by atoms with Crippen molar-refractivity contribution in [3.8, 4) is 0 Å². The van der Waals surface area contributed by atoms with Crippen molar-refractivity contribution in [1.82, 2.24) is 5.32 Å². The molecule has 1 aliphatic rings. The predicted molar refractivity (Wildman–Crippen MR) is 77.9 cm³/mol. The highest BCUT2D eigenvalue weighted by molar-refractivity contribution is 5.83. The van der Waals surface area contributed by atoms with Gasteiger partial charge in [0.1, 0.15) is 0 Å². The van der Waals surface area contributed by atoms with Crippen molar-refractivity contribution >= 4 is 5.91 Å². The van der Waals surface area contributed by atoms with Crippen molar-refractivity contribution < 1.29 is 9.53 Å². The number of hydrogen-bond donors (Lipinski definition) is 2. The number of nitrogens with two attached hydrogens (primary N) is 1. The number of ether oxygens (including phenoxy) is 1. The van der Waals surface area contributed by atoms with Gasteiger partial charge in [0, 0.05) is 19.7 Å². The molecule has 0 aliphatic carbocycles. The molecular formula is C15H30N2O2. The van der Waals surface area contributed by atoms with Crippen LogP contribution in [0.1, 0.15) is 59.3 Å². The number of carbonyl (C=O) groups is 1. The minimum atomic E-state index is -0.390. The van der Waals surface area contributed by atoms with Gasteiger partial charge in [0.2, 0.25) is 5.91 Å². The van der Waals surface area contributed by atoms with E-state index in [2.05, 4.69) is 26.1 Å². The first-order chi connectivity index (χ1) is 9.02. The third kappa shape index (κ3) is 4.18. The molecule has 4 heteroatoms. The van der Waals surface area contributed by atoms with Gasteiger partial charge in [0.15, 0.2) is 0 Å². The summed E-state index contributed by atoms with van der Waals surface area (Å²) in [6.45, 7) is 8.12. The van der Waals surface area contributed by atoms with Crippen LogP contribution >= 0.6 is 0 Å². The van der Waals surface area contributed by atoms with E-state index < -0.39 is 5.41 Å². The van der Waals surface area contributed by atoms with Crippen molar-refractivity contribution in [3.63, 3.8) is 0 Å². The Hall–Kier alpha value is -0.610. The minimum absolute atomic E-state index is 0.107. The molecule has 0 bridgehead atoms. The third-order valence-corrected chi connectivity index (χ3v) is 4.25. The summed E-state index contributed by atoms with van der Waals surface area (Å²) in [6, 6.07) is 0. The SMILES string of the molecule is CCCC(CN)(CCC)C(=O)NCC1(C)CCCO1. The quantitative estimate of drug-likeness (QED) is 0.711. The van der Waals surface area contributed by atoms with Gasteiger partial charge in [-0.15, -0.1) is 0 Å². The lowest BCUT2D eigenvalue weighted by Crippen LogP contribution is -2.50. The summed E-state index contributed by atoms with van der Waals surface area (Å²) < 4.78 is 5.71. The van der Waals surface area contributed by atoms with Gasteiger partial charge in [-0.25, -0.2) is 0 Å². The van der Waals surface area contributed by atoms with E-state index in [1.807, 2.05) is 0 Å². The molecule has 1 rings (SSSR count). The Kier molecular flexibility index (Phi) is 6.27. The van der Waals surface area contributed by atoms with Crippen LogP contribution in [0.4, 0.5) is 0 Å². The standard InChI is InChI=1S/C15H30N2O2/c1-4-7-15(11-16,8-5-2)13(18)17-12-14(3)9-6-10-19-14/h4-12,16H2,1-3H3,(H,17,18). The molecule has 0 aromatic heterocycles. The second-order valence-electron chi connectivity index (χ2n) is 6.07. The van der Waals surface area contributed by atoms with Gasteiger partial charge < -0.3 is 15.8 Å². The van der Waals surface area contributed by atoms with E-state index in [9.17, 15) is 4.79 Å². The average Bonchev–Trinajstić information content (AvgIpc) is 2.83. The molecule has 1 unspecified atom stereocenters. The molecular weight excluding hydrogens is 240 g/mol. The first-order valence-corrected chi connectivity index (χ1v) is 7.64. The van der Waals surface area contributed by atoms with Crippen molar-refractivity contribution in [2.24, 2.45) is 11.1 Å². The Balaban J connectivity index is 2.60. The molecule has 1 amide bonds. The summed E-state index contributed by atoms with van der Waals surface area (Å²) in [5.41, 5.74) is 5.33. The van der Waals surface area contributed by atoms with Crippen LogP contribution < -0.4 is 11.1 Å². The summed E-state index contributed by atoms with van der Waals surface area (Å²) >= 11 is 0. The maximum absolute atomic E-state index is 12.5. The minimum Gasteiger partial charge on any atom is -0.373 e. The van der Waals surface area contributed by atoms with Crippen LogP contribution in [-0.2, 0) is 9.53 Å². The largest absolute Gasteiger partial charge is 0.373 e. The van der Waals surface area contributed by atoms with Crippen molar-refractivity contribution in [2.45, 2.75) is 64.9 Å². The maximum Gasteiger partial charge on any atom is 0.227 e. The monoisotopic (exact) mass is 270 g/mol. The first-order valence-electron chi connectivity index (χ1n) is 7.64. The van der Waals surface area contributed by atoms with Gasteiger partial charge in [0.25, 0.3) is 0 Å². The Morgan fingerprint density at radius 1 is 1.37 bits per heavy atom. The summed E-state index contributed by atoms with van der Waals surface area (Å²) in [5.74, 6) is 0.107. The van der Waals surface area contributed by atoms with Gasteiger partial charge in [-0.2, -0.15) is 0 Å². The van der Waals surface area contributed by atoms with E-state index in [0.29, 0.717) is 13.1 Å². The van der Waals surface area contributed by atoms with Crippen LogP contribution in [0.3, 0.4) is 0 Å². The highest BCUT2D eigenvalue weighted by Crippen LogP contribution is 2.30. The Bertz CT molecular complexity index is 280. The summed E-state index contributed by atoms with van der Waals surface area (Å²) in [7, 11) is 0. The molecule has 3 N–H and O–H groups in total. The molecule has 1 atom stereocenters. The molecule has 112 valence electrons. The lowest BCUT2D eigenvalue weighted by molar-refractivity contribution is -0.132. The van der Waals surface area contributed by atoms with Gasteiger partial charge in [-0.3, -0.25) is 4.79 Å². The number of nitrogens with one attached hydrogen (secondary N) is 1. The summed E-state index contributed by atoms with van der Waals surface area (Å²) in [6.07, 6.45) is 5.79. The van der Waals surface area contributed by atoms with E-state index in [1.54, 1.807) is 0 Å². The second-order valence-corrected chi connectivity index (χ2v) is 6.07. The zero-order valence-electron chi connectivity index (χ0n) is 12.8. The third-order valence-electron chi connectivity index (χ3n) is 4.25. The number of carbonyl (C=O) groups excluding carboxylic acids is 1. The Labute approximate surface area is 117 Å². The summed E-state index contributed by atoms with van der Waals surface area (Å²) in [4.78, 5) is 12.5. The van der Waals surface area contributed by atoms with Crippen LogP contribution in [0.2, 0.25) is 0 Å². The van der Waals surface area contributed by atoms with E-state index in [1.165, 1.54) is 0 Å². The normalized spacial score (nSPS) is 23.6. The van der Waals surface area contributed by atoms with Gasteiger partial charge in [-0.05, 0) is 32.6 Å². The molecule has 19 heavy (non-hydrogen) atoms. The average molecular weight is 270 g/mol. The predicted octanol–water partition coefficient (Wildman–Crippen LogP) is 2.22. The lowest BCUT2D eigenvalue weighted by Gasteiger charge is -2.32. The molecule has 0 aromatic rings. The van der Waals surface area contributed by atoms with E-state index in [-0.39, 0.29) is 11.5 Å². The van der Waals surface area contributed by atoms with Crippen LogP contribution in [0.15, 0.2) is 0 Å². The first kappa shape index (κ1) is 16.4. The van der Waals surface area contributed by atoms with Crippen LogP contribution in [0.5, 0.6) is 0 Å². The second kappa shape index (κ2) is 7.25. The van der Waals surface area contributed by atoms with E-state index in [0.717, 1.165) is 45.1 Å². The molecule has 1 fully saturated rings. The van der Waals surface area contributed by atoms with Gasteiger partial charge in [0.05, 0.1) is 11.0 Å². The lowest BCUT2D eigenvalue weighted by atomic mass is 9.78. The zero-order chi connectivity index (χ0) is 14.4. The van der Waals surface area contributed by atoms with Crippen molar-refractivity contribution in [3.05, 3.63) is 0 Å². The van der Waals surface area contributed by atoms with Crippen LogP contribution in [-0.4, -0.2) is 31.2 Å². The molecule has 1 aliphatic heterocycles. The van der Waals surface area contributed by atoms with Crippen molar-refractivity contribution in [2.75, 3.05) is 19.7 Å². The highest BCUT2D eigenvalue weighted by atomic mass is 16.5. The van der Waals surface area contributed by atoms with Crippen molar-refractivity contribution in [1.29, 1.82) is 0 Å². The maximum atomic E-state index is 12.5. The topological polar surface area (TPSA) is 64.4 Å². The Morgan fingerprint density at radius 3 is 2.42 bits per heavy atom. The number of amides is 1. The summed E-state index contributed by atoms with van der Waals surface area (Å²) in [5, 5.41) is 3.08. The van der Waals surface area contributed by atoms with Crippen LogP contribution in [0.25, 0.3) is 0 Å². The van der Waals surface area contributed by atoms with Crippen LogP contribution in [0, 0.1) is 5.41 Å². The fourth-order valence-electron chi connectivity index (χ4n) is 3.04. The smallest absolute Gasteiger partial charge is 0.227 e. The number of rotatable bonds is 8. The number of hydrogen-bond acceptors (Lipinski definition) is 3. The fraction of sp³-hybridized carbons (Fsp3) is 0.933. The molecule has 0 radical (unpaired) electrons. The molecule has 0 saturated carbocycles. The fourth-order valence-corrected chi connectivity index (χ4v) is 3.04. The van der Waals surface area contributed by atoms with Gasteiger partial charge >= 0.3 is 0 Å². The van der Waals surface area contributed by atoms with Gasteiger partial charge in [-0.1, -0.05) is 26.7 Å². The highest BCUT2D eigenvalue weighted by Gasteiger charge is 2.37. The van der Waals surface area contributed by atoms with E-state index >= 15 is 0 Å². The molecule has 1 saturated heterocycles. The molecule has 4 nitrogen and oxygen atoms in total. The molecule has 1 heterocycles. The zero-order valence-corrected chi connectivity index (χ0v) is 12.8. The molecule has 0 aromatic carbocycles.